The van der Waals surface area contributed by atoms with Crippen molar-refractivity contribution in [3.63, 3.8) is 0 Å². The highest BCUT2D eigenvalue weighted by molar-refractivity contribution is 6.34. The molecule has 0 spiro atoms. The molecule has 2 aromatic rings. The van der Waals surface area contributed by atoms with Crippen LogP contribution >= 0.6 is 11.6 Å². The molecule has 0 aliphatic carbocycles. The number of benzene rings is 2. The van der Waals surface area contributed by atoms with Gasteiger partial charge in [0, 0.05) is 17.7 Å². The number of halogens is 1. The number of fused-ring (bicyclic) bond motifs is 1. The first kappa shape index (κ1) is 17.6. The van der Waals surface area contributed by atoms with Crippen LogP contribution in [0.1, 0.15) is 42.1 Å². The first-order valence-corrected chi connectivity index (χ1v) is 8.78. The Kier molecular flexibility index (Phi) is 4.93. The monoisotopic (exact) mass is 357 g/mol. The van der Waals surface area contributed by atoms with Gasteiger partial charge >= 0.3 is 0 Å². The number of hydrogen-bond acceptors (Lipinski definition) is 3. The van der Waals surface area contributed by atoms with Gasteiger partial charge in [0.05, 0.1) is 17.1 Å². The average Bonchev–Trinajstić information content (AvgIpc) is 2.81. The number of Topliss-reactive ketones (excluding diaryl/α,β-unsaturated/α-hetero) is 1. The normalized spacial score (nSPS) is 19.2. The molecule has 1 heterocycles. The fourth-order valence-electron chi connectivity index (χ4n) is 3.23. The van der Waals surface area contributed by atoms with E-state index in [1.807, 2.05) is 13.0 Å². The molecule has 1 atom stereocenters. The fourth-order valence-corrected chi connectivity index (χ4v) is 3.47. The molecule has 4 nitrogen and oxygen atoms in total. The zero-order valence-electron chi connectivity index (χ0n) is 14.0. The van der Waals surface area contributed by atoms with Crippen LogP contribution in [-0.4, -0.2) is 23.3 Å². The highest BCUT2D eigenvalue weighted by Gasteiger charge is 2.50. The summed E-state index contributed by atoms with van der Waals surface area (Å²) in [5.74, 6) is -0.795. The van der Waals surface area contributed by atoms with Crippen LogP contribution in [0, 0.1) is 0 Å². The Hall–Kier alpha value is -2.17. The van der Waals surface area contributed by atoms with E-state index in [1.165, 1.54) is 0 Å². The third kappa shape index (κ3) is 3.08. The zero-order chi connectivity index (χ0) is 18.0. The second kappa shape index (κ2) is 6.98. The zero-order valence-corrected chi connectivity index (χ0v) is 14.8. The van der Waals surface area contributed by atoms with Crippen molar-refractivity contribution in [2.24, 2.45) is 0 Å². The molecule has 1 amide bonds. The maximum Gasteiger partial charge on any atom is 0.264 e. The van der Waals surface area contributed by atoms with Gasteiger partial charge < -0.3 is 10.0 Å². The summed E-state index contributed by atoms with van der Waals surface area (Å²) in [4.78, 5) is 27.2. The summed E-state index contributed by atoms with van der Waals surface area (Å²) in [5.41, 5.74) is -0.373. The summed E-state index contributed by atoms with van der Waals surface area (Å²) in [6.07, 6.45) is 1.44. The SMILES string of the molecule is CCCCN1C(=O)C(O)(CC(=O)c2ccccc2Cl)c2ccccc21. The van der Waals surface area contributed by atoms with E-state index < -0.39 is 11.5 Å². The Morgan fingerprint density at radius 3 is 2.56 bits per heavy atom. The molecule has 25 heavy (non-hydrogen) atoms. The minimum atomic E-state index is -1.85. The second-order valence-electron chi connectivity index (χ2n) is 6.27. The molecular weight excluding hydrogens is 338 g/mol. The Morgan fingerprint density at radius 2 is 1.84 bits per heavy atom. The van der Waals surface area contributed by atoms with Crippen LogP contribution in [0.2, 0.25) is 5.02 Å². The van der Waals surface area contributed by atoms with Crippen LogP contribution in [0.4, 0.5) is 5.69 Å². The van der Waals surface area contributed by atoms with Crippen molar-refractivity contribution in [2.75, 3.05) is 11.4 Å². The van der Waals surface area contributed by atoms with E-state index in [0.717, 1.165) is 12.8 Å². The third-order valence-corrected chi connectivity index (χ3v) is 4.89. The molecule has 3 rings (SSSR count). The lowest BCUT2D eigenvalue weighted by Crippen LogP contribution is -2.42. The molecule has 1 aliphatic heterocycles. The van der Waals surface area contributed by atoms with E-state index in [9.17, 15) is 14.7 Å². The highest BCUT2D eigenvalue weighted by atomic mass is 35.5. The number of rotatable bonds is 6. The van der Waals surface area contributed by atoms with Gasteiger partial charge in [-0.25, -0.2) is 0 Å². The van der Waals surface area contributed by atoms with Crippen molar-refractivity contribution in [3.8, 4) is 0 Å². The highest BCUT2D eigenvalue weighted by Crippen LogP contribution is 2.43. The van der Waals surface area contributed by atoms with Gasteiger partial charge in [0.15, 0.2) is 11.4 Å². The number of amides is 1. The van der Waals surface area contributed by atoms with Gasteiger partial charge in [-0.05, 0) is 24.6 Å². The maximum atomic E-state index is 12.9. The van der Waals surface area contributed by atoms with Gasteiger partial charge in [0.1, 0.15) is 0 Å². The van der Waals surface area contributed by atoms with Crippen LogP contribution in [0.15, 0.2) is 48.5 Å². The van der Waals surface area contributed by atoms with E-state index in [2.05, 4.69) is 0 Å². The first-order valence-electron chi connectivity index (χ1n) is 8.40. The van der Waals surface area contributed by atoms with Crippen molar-refractivity contribution >= 4 is 29.0 Å². The van der Waals surface area contributed by atoms with Crippen molar-refractivity contribution in [2.45, 2.75) is 31.8 Å². The molecule has 2 aromatic carbocycles. The van der Waals surface area contributed by atoms with Gasteiger partial charge in [-0.3, -0.25) is 9.59 Å². The molecule has 1 aliphatic rings. The number of nitrogens with zero attached hydrogens (tertiary/aromatic N) is 1. The molecule has 0 radical (unpaired) electrons. The minimum Gasteiger partial charge on any atom is -0.375 e. The van der Waals surface area contributed by atoms with E-state index in [0.29, 0.717) is 28.4 Å². The molecule has 5 heteroatoms. The number of unbranched alkanes of at least 4 members (excludes halogenated alkanes) is 1. The summed E-state index contributed by atoms with van der Waals surface area (Å²) in [7, 11) is 0. The maximum absolute atomic E-state index is 12.9. The summed E-state index contributed by atoms with van der Waals surface area (Å²) in [6.45, 7) is 2.56. The van der Waals surface area contributed by atoms with Crippen LogP contribution in [0.25, 0.3) is 0 Å². The van der Waals surface area contributed by atoms with E-state index in [-0.39, 0.29) is 12.2 Å². The smallest absolute Gasteiger partial charge is 0.264 e. The molecule has 130 valence electrons. The molecular formula is C20H20ClNO3. The number of anilines is 1. The van der Waals surface area contributed by atoms with Crippen LogP contribution in [0.3, 0.4) is 0 Å². The molecule has 0 saturated heterocycles. The lowest BCUT2D eigenvalue weighted by Gasteiger charge is -2.23. The van der Waals surface area contributed by atoms with Gasteiger partial charge in [0.2, 0.25) is 0 Å². The predicted octanol–water partition coefficient (Wildman–Crippen LogP) is 3.95. The van der Waals surface area contributed by atoms with Crippen LogP contribution in [0.5, 0.6) is 0 Å². The second-order valence-corrected chi connectivity index (χ2v) is 6.67. The largest absolute Gasteiger partial charge is 0.375 e. The Balaban J connectivity index is 1.96. The van der Waals surface area contributed by atoms with Crippen LogP contribution in [-0.2, 0) is 10.4 Å². The first-order chi connectivity index (χ1) is 12.0. The number of hydrogen-bond donors (Lipinski definition) is 1. The molecule has 1 N–H and O–H groups in total. The molecule has 0 aromatic heterocycles. The van der Waals surface area contributed by atoms with Crippen molar-refractivity contribution in [3.05, 3.63) is 64.7 Å². The molecule has 1 unspecified atom stereocenters. The van der Waals surface area contributed by atoms with Crippen molar-refractivity contribution < 1.29 is 14.7 Å². The lowest BCUT2D eigenvalue weighted by atomic mass is 9.88. The molecule has 0 bridgehead atoms. The predicted molar refractivity (Wildman–Crippen MR) is 98.0 cm³/mol. The Labute approximate surface area is 152 Å². The van der Waals surface area contributed by atoms with Crippen molar-refractivity contribution in [1.29, 1.82) is 0 Å². The number of para-hydroxylation sites is 1. The summed E-state index contributed by atoms with van der Waals surface area (Å²) < 4.78 is 0. The number of carbonyl (C=O) groups excluding carboxylic acids is 2. The van der Waals surface area contributed by atoms with Crippen LogP contribution < -0.4 is 4.90 Å². The standard InChI is InChI=1S/C20H20ClNO3/c1-2-3-12-22-17-11-7-5-9-15(17)20(25,19(22)24)13-18(23)14-8-4-6-10-16(14)21/h4-11,25H,2-3,12-13H2,1H3. The summed E-state index contributed by atoms with van der Waals surface area (Å²) in [6, 6.07) is 13.8. The Bertz CT molecular complexity index is 820. The topological polar surface area (TPSA) is 57.6 Å². The number of aliphatic hydroxyl groups is 1. The van der Waals surface area contributed by atoms with Gasteiger partial charge in [-0.1, -0.05) is 55.3 Å². The minimum absolute atomic E-state index is 0.315. The molecule has 0 saturated carbocycles. The van der Waals surface area contributed by atoms with Gasteiger partial charge in [-0.2, -0.15) is 0 Å². The van der Waals surface area contributed by atoms with E-state index in [1.54, 1.807) is 47.4 Å². The summed E-state index contributed by atoms with van der Waals surface area (Å²) >= 11 is 6.09. The molecule has 0 fully saturated rings. The van der Waals surface area contributed by atoms with E-state index >= 15 is 0 Å². The number of carbonyl (C=O) groups is 2. The van der Waals surface area contributed by atoms with Gasteiger partial charge in [0.25, 0.3) is 5.91 Å². The average molecular weight is 358 g/mol. The quantitative estimate of drug-likeness (QED) is 0.796. The van der Waals surface area contributed by atoms with Gasteiger partial charge in [-0.15, -0.1) is 0 Å². The number of ketones is 1. The lowest BCUT2D eigenvalue weighted by molar-refractivity contribution is -0.135. The Morgan fingerprint density at radius 1 is 1.16 bits per heavy atom. The fraction of sp³-hybridized carbons (Fsp3) is 0.300. The third-order valence-electron chi connectivity index (χ3n) is 4.57. The van der Waals surface area contributed by atoms with E-state index in [4.69, 9.17) is 11.6 Å². The summed E-state index contributed by atoms with van der Waals surface area (Å²) in [5, 5.41) is 11.5. The van der Waals surface area contributed by atoms with Crippen molar-refractivity contribution in [1.82, 2.24) is 0 Å².